The fourth-order valence-corrected chi connectivity index (χ4v) is 2.01. The van der Waals surface area contributed by atoms with Gasteiger partial charge in [-0.2, -0.15) is 0 Å². The molecule has 0 aliphatic rings. The van der Waals surface area contributed by atoms with Crippen LogP contribution in [0.2, 0.25) is 0 Å². The first-order chi connectivity index (χ1) is 8.36. The number of amides is 1. The molecule has 0 aromatic heterocycles. The van der Waals surface area contributed by atoms with Crippen LogP contribution in [0, 0.1) is 0 Å². The molecule has 0 aliphatic carbocycles. The van der Waals surface area contributed by atoms with Gasteiger partial charge in [-0.3, -0.25) is 4.79 Å². The summed E-state index contributed by atoms with van der Waals surface area (Å²) in [7, 11) is -2.01. The zero-order valence-corrected chi connectivity index (χ0v) is 11.4. The van der Waals surface area contributed by atoms with Gasteiger partial charge in [-0.05, 0) is 30.7 Å². The fraction of sp³-hybridized carbons (Fsp3) is 0.417. The van der Waals surface area contributed by atoms with Crippen LogP contribution >= 0.6 is 0 Å². The van der Waals surface area contributed by atoms with Crippen molar-refractivity contribution < 1.29 is 13.2 Å². The second kappa shape index (κ2) is 5.97. The van der Waals surface area contributed by atoms with Crippen molar-refractivity contribution in [3.63, 3.8) is 0 Å². The van der Waals surface area contributed by atoms with Crippen molar-refractivity contribution in [3.8, 4) is 0 Å². The van der Waals surface area contributed by atoms with Crippen LogP contribution in [-0.4, -0.2) is 21.4 Å². The molecule has 0 fully saturated rings. The molecule has 1 aromatic rings. The summed E-state index contributed by atoms with van der Waals surface area (Å²) in [6.07, 6.45) is 2.30. The molecule has 0 bridgehead atoms. The van der Waals surface area contributed by atoms with Gasteiger partial charge in [-0.15, -0.1) is 0 Å². The Bertz CT molecular complexity index is 509. The highest BCUT2D eigenvalue weighted by Gasteiger charge is 2.12. The molecule has 0 radical (unpaired) electrons. The smallest absolute Gasteiger partial charge is 0.238 e. The van der Waals surface area contributed by atoms with E-state index in [1.54, 1.807) is 19.2 Å². The molecule has 0 unspecified atom stereocenters. The predicted molar refractivity (Wildman–Crippen MR) is 70.8 cm³/mol. The van der Waals surface area contributed by atoms with Gasteiger partial charge in [0.2, 0.25) is 15.9 Å². The number of sulfonamides is 1. The maximum absolute atomic E-state index is 11.8. The quantitative estimate of drug-likeness (QED) is 0.880. The molecular formula is C12H18N2O3S. The van der Waals surface area contributed by atoms with Crippen molar-refractivity contribution in [2.45, 2.75) is 31.1 Å². The molecule has 0 saturated carbocycles. The lowest BCUT2D eigenvalue weighted by Gasteiger charge is -2.17. The highest BCUT2D eigenvalue weighted by Crippen LogP contribution is 2.17. The highest BCUT2D eigenvalue weighted by atomic mass is 32.2. The minimum absolute atomic E-state index is 0.0141. The number of hydrogen-bond donors (Lipinski definition) is 1. The summed E-state index contributed by atoms with van der Waals surface area (Å²) in [6.45, 7) is 2.02. The van der Waals surface area contributed by atoms with E-state index in [4.69, 9.17) is 5.14 Å². The number of benzene rings is 1. The minimum Gasteiger partial charge on any atom is -0.316 e. The summed E-state index contributed by atoms with van der Waals surface area (Å²) in [5, 5.41) is 5.00. The molecule has 6 heteroatoms. The number of hydrogen-bond acceptors (Lipinski definition) is 3. The van der Waals surface area contributed by atoms with Crippen molar-refractivity contribution in [1.29, 1.82) is 0 Å². The molecule has 1 rings (SSSR count). The van der Waals surface area contributed by atoms with Crippen LogP contribution in [0.1, 0.15) is 26.2 Å². The average Bonchev–Trinajstić information content (AvgIpc) is 2.34. The average molecular weight is 270 g/mol. The van der Waals surface area contributed by atoms with Crippen molar-refractivity contribution in [1.82, 2.24) is 0 Å². The van der Waals surface area contributed by atoms with Crippen molar-refractivity contribution in [2.24, 2.45) is 5.14 Å². The number of primary sulfonamides is 1. The van der Waals surface area contributed by atoms with Gasteiger partial charge >= 0.3 is 0 Å². The van der Waals surface area contributed by atoms with E-state index in [9.17, 15) is 13.2 Å². The van der Waals surface area contributed by atoms with Gasteiger partial charge in [0.15, 0.2) is 0 Å². The third-order valence-electron chi connectivity index (χ3n) is 2.67. The first-order valence-corrected chi connectivity index (χ1v) is 7.30. The van der Waals surface area contributed by atoms with Crippen LogP contribution in [0.3, 0.4) is 0 Å². The second-order valence-electron chi connectivity index (χ2n) is 4.10. The molecule has 0 spiro atoms. The van der Waals surface area contributed by atoms with Crippen LogP contribution in [-0.2, 0) is 14.8 Å². The van der Waals surface area contributed by atoms with E-state index in [1.165, 1.54) is 17.0 Å². The first-order valence-electron chi connectivity index (χ1n) is 5.75. The minimum atomic E-state index is -3.68. The Labute approximate surface area is 108 Å². The standard InChI is InChI=1S/C12H18N2O3S/c1-3-4-5-12(15)14(2)10-6-8-11(9-7-10)18(13,16)17/h6-9H,3-5H2,1-2H3,(H2,13,16,17). The van der Waals surface area contributed by atoms with E-state index in [-0.39, 0.29) is 10.8 Å². The van der Waals surface area contributed by atoms with E-state index < -0.39 is 10.0 Å². The zero-order chi connectivity index (χ0) is 13.8. The maximum Gasteiger partial charge on any atom is 0.238 e. The SMILES string of the molecule is CCCCC(=O)N(C)c1ccc(S(N)(=O)=O)cc1. The van der Waals surface area contributed by atoms with Gasteiger partial charge < -0.3 is 4.90 Å². The molecule has 0 saturated heterocycles. The van der Waals surface area contributed by atoms with Gasteiger partial charge in [0.05, 0.1) is 4.90 Å². The van der Waals surface area contributed by atoms with Gasteiger partial charge in [0, 0.05) is 19.2 Å². The Kier molecular flexibility index (Phi) is 4.86. The van der Waals surface area contributed by atoms with Crippen LogP contribution in [0.4, 0.5) is 5.69 Å². The lowest BCUT2D eigenvalue weighted by atomic mass is 10.2. The molecular weight excluding hydrogens is 252 g/mol. The molecule has 0 atom stereocenters. The number of anilines is 1. The lowest BCUT2D eigenvalue weighted by molar-refractivity contribution is -0.118. The molecule has 100 valence electrons. The van der Waals surface area contributed by atoms with E-state index in [0.29, 0.717) is 12.1 Å². The van der Waals surface area contributed by atoms with E-state index >= 15 is 0 Å². The predicted octanol–water partition coefficient (Wildman–Crippen LogP) is 1.49. The van der Waals surface area contributed by atoms with Gasteiger partial charge in [0.1, 0.15) is 0 Å². The normalized spacial score (nSPS) is 11.3. The molecule has 0 aliphatic heterocycles. The number of rotatable bonds is 5. The number of carbonyl (C=O) groups excluding carboxylic acids is 1. The Morgan fingerprint density at radius 1 is 1.28 bits per heavy atom. The van der Waals surface area contributed by atoms with E-state index in [1.807, 2.05) is 6.92 Å². The lowest BCUT2D eigenvalue weighted by Crippen LogP contribution is -2.25. The topological polar surface area (TPSA) is 80.5 Å². The second-order valence-corrected chi connectivity index (χ2v) is 5.66. The van der Waals surface area contributed by atoms with Crippen LogP contribution < -0.4 is 10.0 Å². The summed E-state index contributed by atoms with van der Waals surface area (Å²) in [5.41, 5.74) is 0.656. The summed E-state index contributed by atoms with van der Waals surface area (Å²) in [4.78, 5) is 13.3. The van der Waals surface area contributed by atoms with E-state index in [0.717, 1.165) is 12.8 Å². The zero-order valence-electron chi connectivity index (χ0n) is 10.6. The van der Waals surface area contributed by atoms with Gasteiger partial charge in [-0.1, -0.05) is 13.3 Å². The summed E-state index contributed by atoms with van der Waals surface area (Å²) >= 11 is 0. The van der Waals surface area contributed by atoms with Gasteiger partial charge in [-0.25, -0.2) is 13.6 Å². The van der Waals surface area contributed by atoms with Crippen LogP contribution in [0.15, 0.2) is 29.2 Å². The first kappa shape index (κ1) is 14.7. The van der Waals surface area contributed by atoms with Crippen LogP contribution in [0.25, 0.3) is 0 Å². The molecule has 2 N–H and O–H groups in total. The van der Waals surface area contributed by atoms with Crippen LogP contribution in [0.5, 0.6) is 0 Å². The Morgan fingerprint density at radius 3 is 2.28 bits per heavy atom. The largest absolute Gasteiger partial charge is 0.316 e. The van der Waals surface area contributed by atoms with Crippen molar-refractivity contribution in [2.75, 3.05) is 11.9 Å². The summed E-state index contributed by atoms with van der Waals surface area (Å²) < 4.78 is 22.2. The Hall–Kier alpha value is -1.40. The molecule has 1 amide bonds. The Balaban J connectivity index is 2.82. The van der Waals surface area contributed by atoms with E-state index in [2.05, 4.69) is 0 Å². The third kappa shape index (κ3) is 3.82. The monoisotopic (exact) mass is 270 g/mol. The van der Waals surface area contributed by atoms with Crippen molar-refractivity contribution >= 4 is 21.6 Å². The maximum atomic E-state index is 11.8. The number of nitrogens with two attached hydrogens (primary N) is 1. The number of nitrogens with zero attached hydrogens (tertiary/aromatic N) is 1. The highest BCUT2D eigenvalue weighted by molar-refractivity contribution is 7.89. The molecule has 0 heterocycles. The summed E-state index contributed by atoms with van der Waals surface area (Å²) in [6, 6.07) is 5.94. The third-order valence-corrected chi connectivity index (χ3v) is 3.60. The Morgan fingerprint density at radius 2 is 1.83 bits per heavy atom. The van der Waals surface area contributed by atoms with Crippen molar-refractivity contribution in [3.05, 3.63) is 24.3 Å². The fourth-order valence-electron chi connectivity index (χ4n) is 1.50. The summed E-state index contributed by atoms with van der Waals surface area (Å²) in [5.74, 6) is 0.0141. The van der Waals surface area contributed by atoms with Gasteiger partial charge in [0.25, 0.3) is 0 Å². The molecule has 5 nitrogen and oxygen atoms in total. The number of carbonyl (C=O) groups is 1. The number of unbranched alkanes of at least 4 members (excludes halogenated alkanes) is 1. The molecule has 18 heavy (non-hydrogen) atoms. The molecule has 1 aromatic carbocycles.